The van der Waals surface area contributed by atoms with Crippen LogP contribution < -0.4 is 0 Å². The molecule has 12 heteroatoms. The molecule has 0 bridgehead atoms. The highest BCUT2D eigenvalue weighted by Gasteiger charge is 2.82. The minimum absolute atomic E-state index is 0.00231. The number of hydrogen-bond donors (Lipinski definition) is 8. The fourth-order valence-corrected chi connectivity index (χ4v) is 24.6. The lowest BCUT2D eigenvalue weighted by Crippen LogP contribution is -2.89. The number of alkyl halides is 1. The zero-order valence-corrected chi connectivity index (χ0v) is 93.8. The quantitative estimate of drug-likeness (QED) is 0.0214. The van der Waals surface area contributed by atoms with E-state index >= 15 is 15.3 Å². The summed E-state index contributed by atoms with van der Waals surface area (Å²) in [7, 11) is 0. The summed E-state index contributed by atoms with van der Waals surface area (Å²) in [5.74, 6) is -2.30. The van der Waals surface area contributed by atoms with E-state index in [0.717, 1.165) is 180 Å². The van der Waals surface area contributed by atoms with Crippen molar-refractivity contribution in [2.45, 2.75) is 780 Å². The molecule has 0 spiro atoms. The van der Waals surface area contributed by atoms with Crippen molar-refractivity contribution in [1.29, 1.82) is 0 Å². The van der Waals surface area contributed by atoms with Gasteiger partial charge in [-0.2, -0.15) is 0 Å². The summed E-state index contributed by atoms with van der Waals surface area (Å²) in [5.41, 5.74) is -14.2. The number of halogens is 1. The molecule has 2 aliphatic rings. The Morgan fingerprint density at radius 1 is 0.176 bits per heavy atom. The van der Waals surface area contributed by atoms with Crippen LogP contribution >= 0.6 is 11.6 Å². The first-order valence-corrected chi connectivity index (χ1v) is 63.1. The molecule has 0 aromatic heterocycles. The minimum atomic E-state index is -2.90. The maximum atomic E-state index is 15.9. The van der Waals surface area contributed by atoms with Gasteiger partial charge in [-0.3, -0.25) is 0 Å². The van der Waals surface area contributed by atoms with Crippen LogP contribution in [0.15, 0.2) is 0 Å². The second-order valence-electron chi connectivity index (χ2n) is 45.7. The van der Waals surface area contributed by atoms with Crippen molar-refractivity contribution in [3.63, 3.8) is 0 Å². The van der Waals surface area contributed by atoms with Gasteiger partial charge in [0.15, 0.2) is 5.60 Å². The molecule has 2 saturated heterocycles. The highest BCUT2D eigenvalue weighted by molar-refractivity contribution is 6.22. The van der Waals surface area contributed by atoms with Crippen LogP contribution in [0.1, 0.15) is 723 Å². The van der Waals surface area contributed by atoms with Gasteiger partial charge in [0.25, 0.3) is 5.25 Å². The van der Waals surface area contributed by atoms with Crippen molar-refractivity contribution in [2.75, 3.05) is 13.2 Å². The molecular weight excluding hydrogens is 1700 g/mol. The lowest BCUT2D eigenvalue weighted by molar-refractivity contribution is -0.506. The summed E-state index contributed by atoms with van der Waals surface area (Å²) in [6, 6.07) is 0. The molecule has 2 heterocycles. The first kappa shape index (κ1) is 132. The summed E-state index contributed by atoms with van der Waals surface area (Å²) in [6.45, 7) is 14.6. The van der Waals surface area contributed by atoms with Crippen LogP contribution in [0.2, 0.25) is 0 Å². The molecule has 814 valence electrons. The van der Waals surface area contributed by atoms with Crippen LogP contribution in [0.25, 0.3) is 0 Å². The van der Waals surface area contributed by atoms with Gasteiger partial charge in [-0.25, -0.2) is 0 Å². The fourth-order valence-electron chi connectivity index (χ4n) is 24.3. The van der Waals surface area contributed by atoms with Gasteiger partial charge < -0.3 is 55.1 Å². The number of rotatable bonds is 109. The highest BCUT2D eigenvalue weighted by Crippen LogP contribution is 2.64. The van der Waals surface area contributed by atoms with Crippen LogP contribution in [-0.2, 0) is 14.2 Å². The Kier molecular flexibility index (Phi) is 87.3. The highest BCUT2D eigenvalue weighted by atomic mass is 35.5. The van der Waals surface area contributed by atoms with E-state index in [1.807, 2.05) is 0 Å². The molecule has 10 atom stereocenters. The molecule has 0 aromatic carbocycles. The summed E-state index contributed by atoms with van der Waals surface area (Å²) < 4.78 is 23.5. The Labute approximate surface area is 854 Å². The van der Waals surface area contributed by atoms with Crippen molar-refractivity contribution in [2.24, 2.45) is 0 Å². The maximum absolute atomic E-state index is 15.9. The second kappa shape index (κ2) is 90.0. The number of unbranched alkanes of at least 4 members (excludes halogenated alkanes) is 91. The molecule has 0 amide bonds. The normalized spacial score (nSPS) is 23.1. The van der Waals surface area contributed by atoms with E-state index in [2.05, 4.69) is 48.5 Å². The molecule has 2 rings (SSSR count). The van der Waals surface area contributed by atoms with E-state index < -0.39 is 70.1 Å². The third kappa shape index (κ3) is 56.3. The summed E-state index contributed by atoms with van der Waals surface area (Å²) >= 11 is 7.67. The van der Waals surface area contributed by atoms with Crippen LogP contribution in [-0.4, -0.2) is 111 Å². The Balaban J connectivity index is 3.21. The standard InChI is InChI=1S/C124H245ClO11/c1-8-15-22-29-36-43-50-57-64-71-78-85-92-99-106-117(128)115(113-126)134-123(112-105-98-91-84-77-70-63-56-49-42-35-28-21-14-7,121(131,110-103-96-89-82-75-68-61-54-47-40-33-26-19-12-5)119(117,129)108-101-94-87-80-73-66-59-52-45-38-31-24-17-10-3)136-118(107-100-93-86-79-72-65-58-51-44-37-30-23-16-9-2)116(114-127)135-124(125,133)122(132,111-104-97-90-83-76-69-62-55-48-41-34-27-20-13-6)120(118,130)109-102-95-88-81-74-67-60-53-46-39-32-25-18-11-4/h115-116,126-133H,8-114H2,1-7H3/t115-,116-,117+,118-,119+,120+,121-,122-,123+,124?/m1/s1. The van der Waals surface area contributed by atoms with Gasteiger partial charge in [-0.05, 0) is 44.9 Å². The second-order valence-corrected chi connectivity index (χ2v) is 46.2. The van der Waals surface area contributed by atoms with Gasteiger partial charge in [0.2, 0.25) is 5.79 Å². The van der Waals surface area contributed by atoms with Crippen molar-refractivity contribution in [1.82, 2.24) is 0 Å². The molecule has 0 aromatic rings. The van der Waals surface area contributed by atoms with E-state index in [4.69, 9.17) is 25.8 Å². The first-order valence-electron chi connectivity index (χ1n) is 62.8. The van der Waals surface area contributed by atoms with Crippen LogP contribution in [0.3, 0.4) is 0 Å². The molecular formula is C124H245ClO11. The molecule has 1 unspecified atom stereocenters. The number of aliphatic hydroxyl groups excluding tert-OH is 2. The van der Waals surface area contributed by atoms with Crippen LogP contribution in [0.5, 0.6) is 0 Å². The van der Waals surface area contributed by atoms with Gasteiger partial charge in [-0.15, -0.1) is 0 Å². The van der Waals surface area contributed by atoms with E-state index in [-0.39, 0.29) is 44.9 Å². The zero-order chi connectivity index (χ0) is 98.9. The smallest absolute Gasteiger partial charge is 0.279 e. The Morgan fingerprint density at radius 3 is 0.544 bits per heavy atom. The SMILES string of the molecule is CCCCCCCCCCCCCCCC[C@@]1(O[C@]2(CCCCCCCCCCCCCCCC)[C@@H](CO)OC(O)(Cl)[C@@](O)(CCCCCCCCCCCCCCCC)[C@]2(O)CCCCCCCCCCCCCCCC)O[C@H](CO)[C@@](O)(CCCCCCCCCCCCCCCC)[C@@](O)(CCCCCCCCCCCCCCCC)[C@]1(O)CCCCCCCCCCCCCCCC. The molecule has 136 heavy (non-hydrogen) atoms. The topological polar surface area (TPSA) is 190 Å². The average Bonchev–Trinajstić information content (AvgIpc) is 0.665. The molecule has 11 nitrogen and oxygen atoms in total. The van der Waals surface area contributed by atoms with Gasteiger partial charge >= 0.3 is 0 Å². The predicted octanol–water partition coefficient (Wildman–Crippen LogP) is 38.9. The molecule has 2 aliphatic heterocycles. The summed E-state index contributed by atoms with van der Waals surface area (Å²) in [6.07, 6.45) is 109. The molecule has 0 saturated carbocycles. The maximum Gasteiger partial charge on any atom is 0.279 e. The van der Waals surface area contributed by atoms with Gasteiger partial charge in [0.1, 0.15) is 40.2 Å². The van der Waals surface area contributed by atoms with Gasteiger partial charge in [0.05, 0.1) is 13.2 Å². The van der Waals surface area contributed by atoms with Crippen molar-refractivity contribution < 1.29 is 55.1 Å². The molecule has 2 fully saturated rings. The largest absolute Gasteiger partial charge is 0.394 e. The van der Waals surface area contributed by atoms with Gasteiger partial charge in [0, 0.05) is 6.42 Å². The third-order valence-electron chi connectivity index (χ3n) is 33.5. The van der Waals surface area contributed by atoms with Crippen molar-refractivity contribution >= 4 is 11.6 Å². The van der Waals surface area contributed by atoms with E-state index in [1.165, 1.54) is 405 Å². The monoisotopic (exact) mass is 1950 g/mol. The Morgan fingerprint density at radius 2 is 0.338 bits per heavy atom. The Hall–Kier alpha value is -0.150. The van der Waals surface area contributed by atoms with Crippen LogP contribution in [0.4, 0.5) is 0 Å². The first-order chi connectivity index (χ1) is 66.5. The number of hydrogen-bond acceptors (Lipinski definition) is 11. The average molecular weight is 1950 g/mol. The van der Waals surface area contributed by atoms with Crippen molar-refractivity contribution in [3.8, 4) is 0 Å². The molecule has 8 N–H and O–H groups in total. The summed E-state index contributed by atoms with van der Waals surface area (Å²) in [4.78, 5) is 0. The minimum Gasteiger partial charge on any atom is -0.394 e. The number of ether oxygens (including phenoxy) is 3. The molecule has 0 radical (unpaired) electrons. The predicted molar refractivity (Wildman–Crippen MR) is 591 cm³/mol. The third-order valence-corrected chi connectivity index (χ3v) is 33.9. The summed E-state index contributed by atoms with van der Waals surface area (Å²) in [5, 5.41) is 112. The van der Waals surface area contributed by atoms with E-state index in [1.54, 1.807) is 0 Å². The van der Waals surface area contributed by atoms with Gasteiger partial charge in [-0.1, -0.05) is 683 Å². The fraction of sp³-hybridized carbons (Fsp3) is 1.00. The van der Waals surface area contributed by atoms with Crippen molar-refractivity contribution in [3.05, 3.63) is 0 Å². The van der Waals surface area contributed by atoms with E-state index in [0.29, 0.717) is 44.9 Å². The van der Waals surface area contributed by atoms with Crippen LogP contribution in [0, 0.1) is 0 Å². The lowest BCUT2D eigenvalue weighted by Gasteiger charge is -2.70. The number of aliphatic hydroxyl groups is 8. The molecule has 0 aliphatic carbocycles. The zero-order valence-electron chi connectivity index (χ0n) is 93.0. The lowest BCUT2D eigenvalue weighted by atomic mass is 9.56. The Bertz CT molecular complexity index is 2470. The van der Waals surface area contributed by atoms with E-state index in [9.17, 15) is 25.5 Å².